The van der Waals surface area contributed by atoms with Crippen molar-refractivity contribution in [2.75, 3.05) is 33.4 Å². The minimum atomic E-state index is -3.06. The van der Waals surface area contributed by atoms with Crippen LogP contribution in [0.2, 0.25) is 0 Å². The van der Waals surface area contributed by atoms with E-state index in [0.717, 1.165) is 18.8 Å². The number of hydrogen-bond donors (Lipinski definition) is 1. The molecule has 0 saturated carbocycles. The Balaban J connectivity index is 2.62. The molecule has 0 aliphatic carbocycles. The Bertz CT molecular complexity index is 409. The number of nitrogens with one attached hydrogen (secondary N) is 1. The van der Waals surface area contributed by atoms with Crippen LogP contribution in [-0.4, -0.2) is 63.1 Å². The van der Waals surface area contributed by atoms with E-state index in [1.165, 1.54) is 10.6 Å². The molecule has 0 amide bonds. The third kappa shape index (κ3) is 4.30. The highest BCUT2D eigenvalue weighted by atomic mass is 32.2. The van der Waals surface area contributed by atoms with E-state index in [1.54, 1.807) is 6.20 Å². The van der Waals surface area contributed by atoms with Crippen molar-refractivity contribution in [2.45, 2.75) is 18.9 Å². The predicted molar refractivity (Wildman–Crippen MR) is 73.9 cm³/mol. The molecule has 7 heteroatoms. The van der Waals surface area contributed by atoms with Gasteiger partial charge in [0.05, 0.1) is 12.3 Å². The van der Waals surface area contributed by atoms with Gasteiger partial charge in [-0.25, -0.2) is 17.7 Å². The van der Waals surface area contributed by atoms with E-state index in [2.05, 4.69) is 16.9 Å². The Morgan fingerprint density at radius 3 is 2.39 bits per heavy atom. The Kier molecular flexibility index (Phi) is 5.15. The predicted octanol–water partition coefficient (Wildman–Crippen LogP) is 0.0611. The maximum Gasteiger partial charge on any atom is 0.211 e. The molecule has 0 aromatic carbocycles. The van der Waals surface area contributed by atoms with Crippen LogP contribution < -0.4 is 5.32 Å². The maximum absolute atomic E-state index is 11.4. The fourth-order valence-corrected chi connectivity index (χ4v) is 2.72. The van der Waals surface area contributed by atoms with E-state index in [-0.39, 0.29) is 6.04 Å². The van der Waals surface area contributed by atoms with Crippen LogP contribution in [0.25, 0.3) is 0 Å². The molecule has 0 bridgehead atoms. The number of guanidine groups is 1. The van der Waals surface area contributed by atoms with Crippen LogP contribution in [0.3, 0.4) is 0 Å². The molecule has 0 atom stereocenters. The quantitative estimate of drug-likeness (QED) is 0.584. The largest absolute Gasteiger partial charge is 0.349 e. The average Bonchev–Trinajstić information content (AvgIpc) is 2.28. The van der Waals surface area contributed by atoms with E-state index < -0.39 is 10.0 Å². The Labute approximate surface area is 109 Å². The summed E-state index contributed by atoms with van der Waals surface area (Å²) in [6, 6.07) is 0.160. The number of aliphatic imine (C=N–C) groups is 1. The van der Waals surface area contributed by atoms with Gasteiger partial charge in [0, 0.05) is 27.2 Å². The van der Waals surface area contributed by atoms with Gasteiger partial charge in [-0.1, -0.05) is 6.58 Å². The maximum atomic E-state index is 11.4. The Morgan fingerprint density at radius 1 is 1.44 bits per heavy atom. The van der Waals surface area contributed by atoms with Crippen molar-refractivity contribution in [3.8, 4) is 0 Å². The lowest BCUT2D eigenvalue weighted by Crippen LogP contribution is -2.41. The molecule has 0 aromatic heterocycles. The minimum Gasteiger partial charge on any atom is -0.349 e. The van der Waals surface area contributed by atoms with Gasteiger partial charge >= 0.3 is 0 Å². The zero-order chi connectivity index (χ0) is 13.8. The van der Waals surface area contributed by atoms with E-state index in [1.807, 2.05) is 19.0 Å². The molecular weight excluding hydrogens is 252 g/mol. The van der Waals surface area contributed by atoms with E-state index in [4.69, 9.17) is 0 Å². The lowest BCUT2D eigenvalue weighted by Gasteiger charge is -2.29. The highest BCUT2D eigenvalue weighted by Gasteiger charge is 2.24. The lowest BCUT2D eigenvalue weighted by molar-refractivity contribution is 0.321. The topological polar surface area (TPSA) is 65.0 Å². The van der Waals surface area contributed by atoms with Crippen molar-refractivity contribution in [3.05, 3.63) is 12.8 Å². The summed E-state index contributed by atoms with van der Waals surface area (Å²) < 4.78 is 24.3. The molecule has 6 nitrogen and oxygen atoms in total. The lowest BCUT2D eigenvalue weighted by atomic mass is 10.1. The first-order valence-corrected chi connectivity index (χ1v) is 7.77. The molecule has 1 aliphatic rings. The summed E-state index contributed by atoms with van der Waals surface area (Å²) in [6.07, 6.45) is 4.35. The summed E-state index contributed by atoms with van der Waals surface area (Å²) in [5.74, 6) is 0.753. The first-order chi connectivity index (χ1) is 8.34. The van der Waals surface area contributed by atoms with E-state index >= 15 is 0 Å². The minimum absolute atomic E-state index is 0.160. The highest BCUT2D eigenvalue weighted by molar-refractivity contribution is 7.88. The van der Waals surface area contributed by atoms with Crippen LogP contribution in [0.4, 0.5) is 0 Å². The number of nitrogens with zero attached hydrogens (tertiary/aromatic N) is 3. The van der Waals surface area contributed by atoms with Gasteiger partial charge < -0.3 is 10.2 Å². The summed E-state index contributed by atoms with van der Waals surface area (Å²) in [4.78, 5) is 6.46. The van der Waals surface area contributed by atoms with Crippen molar-refractivity contribution in [1.82, 2.24) is 14.5 Å². The van der Waals surface area contributed by atoms with Gasteiger partial charge in [0.15, 0.2) is 5.96 Å². The SMILES string of the molecule is C=CNC(=NC1CCN(S(C)(=O)=O)CC1)N(C)C. The Morgan fingerprint density at radius 2 is 2.00 bits per heavy atom. The van der Waals surface area contributed by atoms with Crippen molar-refractivity contribution in [1.29, 1.82) is 0 Å². The van der Waals surface area contributed by atoms with Gasteiger partial charge in [0.2, 0.25) is 10.0 Å². The molecule has 1 N–H and O–H groups in total. The van der Waals surface area contributed by atoms with Crippen molar-refractivity contribution < 1.29 is 8.42 Å². The molecule has 1 aliphatic heterocycles. The number of piperidine rings is 1. The number of rotatable bonds is 3. The second-order valence-corrected chi connectivity index (χ2v) is 6.57. The Hall–Kier alpha value is -1.08. The van der Waals surface area contributed by atoms with Gasteiger partial charge in [0.25, 0.3) is 0 Å². The standard InChI is InChI=1S/C11H22N4O2S/c1-5-12-11(14(2)3)13-10-6-8-15(9-7-10)18(4,16)17/h5,10H,1,6-9H2,2-4H3,(H,12,13). The molecule has 1 heterocycles. The summed E-state index contributed by atoms with van der Waals surface area (Å²) in [7, 11) is 0.746. The van der Waals surface area contributed by atoms with Crippen LogP contribution in [0.15, 0.2) is 17.8 Å². The van der Waals surface area contributed by atoms with E-state index in [0.29, 0.717) is 13.1 Å². The van der Waals surface area contributed by atoms with Gasteiger partial charge in [-0.3, -0.25) is 0 Å². The third-order valence-corrected chi connectivity index (χ3v) is 4.16. The average molecular weight is 274 g/mol. The van der Waals surface area contributed by atoms with Crippen molar-refractivity contribution >= 4 is 16.0 Å². The monoisotopic (exact) mass is 274 g/mol. The van der Waals surface area contributed by atoms with Crippen LogP contribution in [-0.2, 0) is 10.0 Å². The fourth-order valence-electron chi connectivity index (χ4n) is 1.85. The van der Waals surface area contributed by atoms with Crippen LogP contribution >= 0.6 is 0 Å². The van der Waals surface area contributed by atoms with Gasteiger partial charge in [-0.05, 0) is 19.0 Å². The van der Waals surface area contributed by atoms with Gasteiger partial charge in [0.1, 0.15) is 0 Å². The fraction of sp³-hybridized carbons (Fsp3) is 0.727. The summed E-state index contributed by atoms with van der Waals surface area (Å²) >= 11 is 0. The molecule has 18 heavy (non-hydrogen) atoms. The third-order valence-electron chi connectivity index (χ3n) is 2.85. The van der Waals surface area contributed by atoms with Gasteiger partial charge in [-0.2, -0.15) is 0 Å². The van der Waals surface area contributed by atoms with Crippen molar-refractivity contribution in [3.63, 3.8) is 0 Å². The molecular formula is C11H22N4O2S. The number of sulfonamides is 1. The summed E-state index contributed by atoms with van der Waals surface area (Å²) in [5.41, 5.74) is 0. The molecule has 0 unspecified atom stereocenters. The second-order valence-electron chi connectivity index (χ2n) is 4.59. The molecule has 104 valence electrons. The smallest absolute Gasteiger partial charge is 0.211 e. The zero-order valence-electron chi connectivity index (χ0n) is 11.3. The molecule has 1 rings (SSSR count). The second kappa shape index (κ2) is 6.19. The normalized spacial score (nSPS) is 19.6. The van der Waals surface area contributed by atoms with Crippen LogP contribution in [0.1, 0.15) is 12.8 Å². The van der Waals surface area contributed by atoms with Crippen LogP contribution in [0.5, 0.6) is 0 Å². The first-order valence-electron chi connectivity index (χ1n) is 5.92. The zero-order valence-corrected chi connectivity index (χ0v) is 12.1. The van der Waals surface area contributed by atoms with Gasteiger partial charge in [-0.15, -0.1) is 0 Å². The molecule has 1 fully saturated rings. The molecule has 0 spiro atoms. The molecule has 0 radical (unpaired) electrons. The van der Waals surface area contributed by atoms with Crippen LogP contribution in [0, 0.1) is 0 Å². The highest BCUT2D eigenvalue weighted by Crippen LogP contribution is 2.16. The molecule has 1 saturated heterocycles. The van der Waals surface area contributed by atoms with Crippen molar-refractivity contribution in [2.24, 2.45) is 4.99 Å². The summed E-state index contributed by atoms with van der Waals surface area (Å²) in [6.45, 7) is 4.70. The first kappa shape index (κ1) is 15.0. The summed E-state index contributed by atoms with van der Waals surface area (Å²) in [5, 5.41) is 2.98. The number of hydrogen-bond acceptors (Lipinski definition) is 3. The molecule has 0 aromatic rings. The van der Waals surface area contributed by atoms with E-state index in [9.17, 15) is 8.42 Å².